The molecule has 0 aromatic heterocycles. The number of aliphatic carboxylic acids is 1. The highest BCUT2D eigenvalue weighted by Gasteiger charge is 2.78. The molecule has 0 bridgehead atoms. The minimum atomic E-state index is -5.55. The molecule has 0 heterocycles. The molecule has 0 aromatic carbocycles. The van der Waals surface area contributed by atoms with Crippen molar-refractivity contribution in [2.75, 3.05) is 0 Å². The Balaban J connectivity index is 6.54. The van der Waals surface area contributed by atoms with Crippen LogP contribution in [0.25, 0.3) is 0 Å². The summed E-state index contributed by atoms with van der Waals surface area (Å²) in [6, 6.07) is 0. The third kappa shape index (κ3) is 2.29. The van der Waals surface area contributed by atoms with E-state index in [1.54, 1.807) is 0 Å². The second-order valence-corrected chi connectivity index (χ2v) is 5.80. The molecule has 0 aliphatic carbocycles. The topological polar surface area (TPSA) is 37.3 Å². The van der Waals surface area contributed by atoms with Crippen molar-refractivity contribution in [2.24, 2.45) is 16.2 Å². The van der Waals surface area contributed by atoms with Gasteiger partial charge in [-0.25, -0.2) is 0 Å². The minimum Gasteiger partial charge on any atom is -0.481 e. The first-order valence-electron chi connectivity index (χ1n) is 5.31. The van der Waals surface area contributed by atoms with Gasteiger partial charge in [-0.2, -0.15) is 26.3 Å². The standard InChI is InChI=1S/C11H16F6O2/c1-7(2,3)9(5,11(15,16)17)8(4,6(18)19)10(12,13)14/h1-5H3,(H,18,19). The van der Waals surface area contributed by atoms with E-state index in [0.717, 1.165) is 20.8 Å². The first kappa shape index (κ1) is 18.0. The zero-order valence-corrected chi connectivity index (χ0v) is 11.1. The summed E-state index contributed by atoms with van der Waals surface area (Å²) in [6.45, 7) is 3.19. The lowest BCUT2D eigenvalue weighted by Gasteiger charge is -2.52. The largest absolute Gasteiger partial charge is 0.481 e. The van der Waals surface area contributed by atoms with Gasteiger partial charge in [0.1, 0.15) is 0 Å². The Kier molecular flexibility index (Phi) is 4.06. The van der Waals surface area contributed by atoms with E-state index >= 15 is 0 Å². The Labute approximate surface area is 106 Å². The average Bonchev–Trinajstić information content (AvgIpc) is 2.09. The highest BCUT2D eigenvalue weighted by Crippen LogP contribution is 2.65. The van der Waals surface area contributed by atoms with Gasteiger partial charge in [0.2, 0.25) is 0 Å². The van der Waals surface area contributed by atoms with Crippen molar-refractivity contribution in [3.05, 3.63) is 0 Å². The predicted octanol–water partition coefficient (Wildman–Crippen LogP) is 4.25. The minimum absolute atomic E-state index is 0.0775. The molecule has 0 spiro atoms. The summed E-state index contributed by atoms with van der Waals surface area (Å²) >= 11 is 0. The lowest BCUT2D eigenvalue weighted by Crippen LogP contribution is -2.65. The molecule has 0 saturated carbocycles. The van der Waals surface area contributed by atoms with E-state index in [9.17, 15) is 31.1 Å². The maximum atomic E-state index is 13.2. The fourth-order valence-corrected chi connectivity index (χ4v) is 2.08. The maximum absolute atomic E-state index is 13.2. The summed E-state index contributed by atoms with van der Waals surface area (Å²) in [6.07, 6.45) is -10.9. The van der Waals surface area contributed by atoms with Crippen LogP contribution < -0.4 is 0 Å². The van der Waals surface area contributed by atoms with Crippen LogP contribution in [-0.2, 0) is 4.79 Å². The molecule has 19 heavy (non-hydrogen) atoms. The van der Waals surface area contributed by atoms with E-state index in [1.165, 1.54) is 0 Å². The Morgan fingerprint density at radius 2 is 1.11 bits per heavy atom. The monoisotopic (exact) mass is 294 g/mol. The number of rotatable bonds is 2. The first-order valence-corrected chi connectivity index (χ1v) is 5.31. The molecule has 8 heteroatoms. The van der Waals surface area contributed by atoms with Gasteiger partial charge >= 0.3 is 18.3 Å². The Bertz CT molecular complexity index is 349. The Morgan fingerprint density at radius 1 is 0.789 bits per heavy atom. The summed E-state index contributed by atoms with van der Waals surface area (Å²) in [7, 11) is 0. The second-order valence-electron chi connectivity index (χ2n) is 5.80. The lowest BCUT2D eigenvalue weighted by atomic mass is 9.52. The van der Waals surface area contributed by atoms with Crippen molar-refractivity contribution in [3.63, 3.8) is 0 Å². The second kappa shape index (κ2) is 4.28. The van der Waals surface area contributed by atoms with E-state index in [4.69, 9.17) is 5.11 Å². The zero-order chi connectivity index (χ0) is 16.1. The van der Waals surface area contributed by atoms with Crippen molar-refractivity contribution in [1.29, 1.82) is 0 Å². The summed E-state index contributed by atoms with van der Waals surface area (Å²) < 4.78 is 78.8. The maximum Gasteiger partial charge on any atom is 0.405 e. The average molecular weight is 294 g/mol. The first-order chi connectivity index (χ1) is 7.94. The van der Waals surface area contributed by atoms with Gasteiger partial charge in [-0.15, -0.1) is 0 Å². The van der Waals surface area contributed by atoms with Crippen LogP contribution in [0.3, 0.4) is 0 Å². The highest BCUT2D eigenvalue weighted by molar-refractivity contribution is 5.77. The lowest BCUT2D eigenvalue weighted by molar-refractivity contribution is -0.350. The van der Waals surface area contributed by atoms with Gasteiger partial charge in [-0.1, -0.05) is 20.8 Å². The molecule has 1 N–H and O–H groups in total. The molecule has 2 atom stereocenters. The van der Waals surface area contributed by atoms with Crippen LogP contribution in [0.2, 0.25) is 0 Å². The molecule has 0 aliphatic heterocycles. The molecule has 0 rings (SSSR count). The van der Waals surface area contributed by atoms with E-state index < -0.39 is 34.6 Å². The van der Waals surface area contributed by atoms with Gasteiger partial charge in [-0.3, -0.25) is 4.79 Å². The van der Waals surface area contributed by atoms with Crippen LogP contribution in [0, 0.1) is 16.2 Å². The van der Waals surface area contributed by atoms with Gasteiger partial charge < -0.3 is 5.11 Å². The summed E-state index contributed by atoms with van der Waals surface area (Å²) in [5.41, 5.74) is -9.40. The van der Waals surface area contributed by atoms with Crippen molar-refractivity contribution in [2.45, 2.75) is 47.0 Å². The van der Waals surface area contributed by atoms with Gasteiger partial charge in [-0.05, 0) is 19.3 Å². The summed E-state index contributed by atoms with van der Waals surface area (Å²) in [4.78, 5) is 11.0. The van der Waals surface area contributed by atoms with E-state index in [1.807, 2.05) is 0 Å². The van der Waals surface area contributed by atoms with Crippen LogP contribution in [0.15, 0.2) is 0 Å². The number of carbonyl (C=O) groups is 1. The molecular formula is C11H16F6O2. The van der Waals surface area contributed by atoms with Crippen LogP contribution in [0.1, 0.15) is 34.6 Å². The summed E-state index contributed by atoms with van der Waals surface area (Å²) in [5, 5.41) is 8.81. The van der Waals surface area contributed by atoms with Crippen LogP contribution in [0.5, 0.6) is 0 Å². The third-order valence-corrected chi connectivity index (χ3v) is 4.06. The molecule has 0 radical (unpaired) electrons. The number of halogens is 6. The molecule has 0 aromatic rings. The molecule has 0 saturated heterocycles. The molecular weight excluding hydrogens is 278 g/mol. The van der Waals surface area contributed by atoms with Crippen molar-refractivity contribution in [3.8, 4) is 0 Å². The van der Waals surface area contributed by atoms with Crippen molar-refractivity contribution in [1.82, 2.24) is 0 Å². The Hall–Kier alpha value is -0.950. The molecule has 0 fully saturated rings. The van der Waals surface area contributed by atoms with Crippen molar-refractivity contribution < 1.29 is 36.2 Å². The van der Waals surface area contributed by atoms with Crippen LogP contribution >= 0.6 is 0 Å². The van der Waals surface area contributed by atoms with E-state index in [-0.39, 0.29) is 6.92 Å². The van der Waals surface area contributed by atoms with Gasteiger partial charge in [0.05, 0.1) is 5.41 Å². The predicted molar refractivity (Wildman–Crippen MR) is 55.4 cm³/mol. The number of hydrogen-bond donors (Lipinski definition) is 1. The molecule has 2 nitrogen and oxygen atoms in total. The van der Waals surface area contributed by atoms with Gasteiger partial charge in [0.15, 0.2) is 5.41 Å². The highest BCUT2D eigenvalue weighted by atomic mass is 19.4. The Morgan fingerprint density at radius 3 is 1.16 bits per heavy atom. The molecule has 0 aliphatic rings. The smallest absolute Gasteiger partial charge is 0.405 e. The van der Waals surface area contributed by atoms with E-state index in [0.29, 0.717) is 6.92 Å². The third-order valence-electron chi connectivity index (χ3n) is 4.06. The fourth-order valence-electron chi connectivity index (χ4n) is 2.08. The van der Waals surface area contributed by atoms with Gasteiger partial charge in [0.25, 0.3) is 0 Å². The van der Waals surface area contributed by atoms with Crippen LogP contribution in [0.4, 0.5) is 26.3 Å². The zero-order valence-electron chi connectivity index (χ0n) is 11.1. The normalized spacial score (nSPS) is 20.6. The molecule has 2 unspecified atom stereocenters. The molecule has 114 valence electrons. The number of alkyl halides is 6. The molecule has 0 amide bonds. The SMILES string of the molecule is CC(C)(C)C(C)(C(F)(F)F)C(C)(C(=O)O)C(F)(F)F. The number of hydrogen-bond acceptors (Lipinski definition) is 1. The van der Waals surface area contributed by atoms with Crippen molar-refractivity contribution >= 4 is 5.97 Å². The number of carboxylic acid groups (broad SMARTS) is 1. The summed E-state index contributed by atoms with van der Waals surface area (Å²) in [5.74, 6) is -2.55. The van der Waals surface area contributed by atoms with Crippen LogP contribution in [-0.4, -0.2) is 23.4 Å². The fraction of sp³-hybridized carbons (Fsp3) is 0.909. The quantitative estimate of drug-likeness (QED) is 0.773. The van der Waals surface area contributed by atoms with Gasteiger partial charge in [0, 0.05) is 0 Å². The van der Waals surface area contributed by atoms with E-state index in [2.05, 4.69) is 0 Å². The number of carboxylic acids is 1.